The molecule has 0 spiro atoms. The lowest BCUT2D eigenvalue weighted by molar-refractivity contribution is -0.127. The number of piperidine rings is 1. The second-order valence-electron chi connectivity index (χ2n) is 8.60. The molecule has 3 rings (SSSR count). The third-order valence-electron chi connectivity index (χ3n) is 6.29. The van der Waals surface area contributed by atoms with E-state index in [1.54, 1.807) is 13.2 Å². The molecule has 0 saturated carbocycles. The number of rotatable bonds is 7. The Balaban J connectivity index is 1.68. The summed E-state index contributed by atoms with van der Waals surface area (Å²) in [6, 6.07) is 14.9. The molecule has 164 valence electrons. The number of carbonyl (C=O) groups excluding carboxylic acids is 1. The van der Waals surface area contributed by atoms with Crippen LogP contribution in [0.5, 0.6) is 0 Å². The molecule has 0 radical (unpaired) electrons. The maximum absolute atomic E-state index is 13.0. The minimum Gasteiger partial charge on any atom is -0.383 e. The summed E-state index contributed by atoms with van der Waals surface area (Å²) in [5.74, 6) is 0.428. The lowest BCUT2D eigenvalue weighted by Gasteiger charge is -2.32. The summed E-state index contributed by atoms with van der Waals surface area (Å²) in [5, 5.41) is 9.70. The predicted octanol–water partition coefficient (Wildman–Crippen LogP) is 4.70. The lowest BCUT2D eigenvalue weighted by Crippen LogP contribution is -2.39. The molecule has 2 aromatic rings. The Hall–Kier alpha value is -2.84. The van der Waals surface area contributed by atoms with Crippen LogP contribution >= 0.6 is 0 Å². The molecule has 1 aromatic heterocycles. The van der Waals surface area contributed by atoms with Crippen LogP contribution in [0.1, 0.15) is 48.3 Å². The molecule has 1 atom stereocenters. The van der Waals surface area contributed by atoms with Crippen molar-refractivity contribution in [3.63, 3.8) is 0 Å². The zero-order valence-corrected chi connectivity index (χ0v) is 19.1. The van der Waals surface area contributed by atoms with E-state index in [2.05, 4.69) is 41.8 Å². The molecule has 1 amide bonds. The molecule has 0 aliphatic carbocycles. The molecule has 1 aromatic carbocycles. The number of nitrogens with zero attached hydrogens (tertiary/aromatic N) is 3. The summed E-state index contributed by atoms with van der Waals surface area (Å²) >= 11 is 0. The fourth-order valence-electron chi connectivity index (χ4n) is 4.70. The van der Waals surface area contributed by atoms with E-state index >= 15 is 0 Å². The standard InChI is InChI=1S/C26H33N3O2/c1-19-14-24(21(3)29(19)20(2)18-31-4)16-25(17-27)26(30)28-12-10-23(11-13-28)15-22-8-6-5-7-9-22/h5-9,14,16,20,23H,10-13,15,18H2,1-4H3/b25-16-. The molecule has 0 bridgehead atoms. The SMILES string of the molecule is COCC(C)n1c(C)cc(/C=C(/C#N)C(=O)N2CCC(Cc3ccccc3)CC2)c1C. The van der Waals surface area contributed by atoms with Crippen LogP contribution in [0.2, 0.25) is 0 Å². The molecule has 5 nitrogen and oxygen atoms in total. The van der Waals surface area contributed by atoms with Gasteiger partial charge in [0.15, 0.2) is 0 Å². The molecular formula is C26H33N3O2. The van der Waals surface area contributed by atoms with E-state index in [0.29, 0.717) is 25.6 Å². The molecular weight excluding hydrogens is 386 g/mol. The van der Waals surface area contributed by atoms with Gasteiger partial charge in [0.2, 0.25) is 0 Å². The third-order valence-corrected chi connectivity index (χ3v) is 6.29. The van der Waals surface area contributed by atoms with Gasteiger partial charge in [-0.25, -0.2) is 0 Å². The summed E-state index contributed by atoms with van der Waals surface area (Å²) in [5.41, 5.74) is 4.62. The van der Waals surface area contributed by atoms with Gasteiger partial charge in [0, 0.05) is 31.6 Å². The fourth-order valence-corrected chi connectivity index (χ4v) is 4.70. The summed E-state index contributed by atoms with van der Waals surface area (Å²) in [7, 11) is 1.70. The number of methoxy groups -OCH3 is 1. The van der Waals surface area contributed by atoms with E-state index in [9.17, 15) is 10.1 Å². The highest BCUT2D eigenvalue weighted by atomic mass is 16.5. The largest absolute Gasteiger partial charge is 0.383 e. The molecule has 1 saturated heterocycles. The first-order valence-corrected chi connectivity index (χ1v) is 11.1. The average Bonchev–Trinajstić information content (AvgIpc) is 3.05. The lowest BCUT2D eigenvalue weighted by atomic mass is 9.90. The number of hydrogen-bond acceptors (Lipinski definition) is 3. The van der Waals surface area contributed by atoms with Crippen molar-refractivity contribution < 1.29 is 9.53 Å². The number of aromatic nitrogens is 1. The molecule has 2 heterocycles. The first-order chi connectivity index (χ1) is 14.9. The molecule has 0 N–H and O–H groups in total. The predicted molar refractivity (Wildman–Crippen MR) is 124 cm³/mol. The Morgan fingerprint density at radius 1 is 1.26 bits per heavy atom. The van der Waals surface area contributed by atoms with E-state index in [-0.39, 0.29) is 17.5 Å². The van der Waals surface area contributed by atoms with Gasteiger partial charge in [0.1, 0.15) is 11.6 Å². The normalized spacial score (nSPS) is 16.2. The Morgan fingerprint density at radius 2 is 1.94 bits per heavy atom. The second-order valence-corrected chi connectivity index (χ2v) is 8.60. The molecule has 1 fully saturated rings. The second kappa shape index (κ2) is 10.5. The van der Waals surface area contributed by atoms with E-state index in [4.69, 9.17) is 4.74 Å². The van der Waals surface area contributed by atoms with E-state index in [1.807, 2.05) is 30.9 Å². The summed E-state index contributed by atoms with van der Waals surface area (Å²) in [6.45, 7) is 8.20. The van der Waals surface area contributed by atoms with Crippen LogP contribution in [-0.4, -0.2) is 42.2 Å². The number of carbonyl (C=O) groups is 1. The number of nitriles is 1. The van der Waals surface area contributed by atoms with Gasteiger partial charge in [0.25, 0.3) is 5.91 Å². The third kappa shape index (κ3) is 5.45. The maximum atomic E-state index is 13.0. The summed E-state index contributed by atoms with van der Waals surface area (Å²) < 4.78 is 7.49. The van der Waals surface area contributed by atoms with E-state index in [0.717, 1.165) is 36.2 Å². The number of hydrogen-bond donors (Lipinski definition) is 0. The highest BCUT2D eigenvalue weighted by molar-refractivity contribution is 6.01. The number of benzene rings is 1. The van der Waals surface area contributed by atoms with Crippen LogP contribution in [-0.2, 0) is 16.0 Å². The van der Waals surface area contributed by atoms with Crippen molar-refractivity contribution in [2.75, 3.05) is 26.8 Å². The zero-order valence-electron chi connectivity index (χ0n) is 19.1. The number of ether oxygens (including phenoxy) is 1. The van der Waals surface area contributed by atoms with Gasteiger partial charge in [-0.15, -0.1) is 0 Å². The Bertz CT molecular complexity index is 961. The number of likely N-dealkylation sites (tertiary alicyclic amines) is 1. The van der Waals surface area contributed by atoms with Crippen molar-refractivity contribution in [2.45, 2.75) is 46.1 Å². The van der Waals surface area contributed by atoms with Crippen LogP contribution in [0.3, 0.4) is 0 Å². The van der Waals surface area contributed by atoms with Crippen molar-refractivity contribution in [2.24, 2.45) is 5.92 Å². The topological polar surface area (TPSA) is 58.3 Å². The van der Waals surface area contributed by atoms with Gasteiger partial charge in [0.05, 0.1) is 12.6 Å². The first kappa shape index (κ1) is 22.8. The van der Waals surface area contributed by atoms with Crippen molar-refractivity contribution in [1.29, 1.82) is 5.26 Å². The highest BCUT2D eigenvalue weighted by Gasteiger charge is 2.25. The van der Waals surface area contributed by atoms with E-state index in [1.165, 1.54) is 5.56 Å². The molecule has 31 heavy (non-hydrogen) atoms. The molecule has 1 aliphatic heterocycles. The maximum Gasteiger partial charge on any atom is 0.264 e. The van der Waals surface area contributed by atoms with Gasteiger partial charge < -0.3 is 14.2 Å². The number of aryl methyl sites for hydroxylation is 1. The van der Waals surface area contributed by atoms with Gasteiger partial charge in [-0.3, -0.25) is 4.79 Å². The van der Waals surface area contributed by atoms with Gasteiger partial charge in [-0.05, 0) is 69.2 Å². The van der Waals surface area contributed by atoms with Gasteiger partial charge in [-0.1, -0.05) is 30.3 Å². The first-order valence-electron chi connectivity index (χ1n) is 11.1. The Kier molecular flexibility index (Phi) is 7.70. The van der Waals surface area contributed by atoms with Crippen LogP contribution in [0.4, 0.5) is 0 Å². The number of amides is 1. The summed E-state index contributed by atoms with van der Waals surface area (Å²) in [4.78, 5) is 14.9. The zero-order chi connectivity index (χ0) is 22.4. The molecule has 5 heteroatoms. The average molecular weight is 420 g/mol. The quantitative estimate of drug-likeness (QED) is 0.483. The van der Waals surface area contributed by atoms with E-state index < -0.39 is 0 Å². The van der Waals surface area contributed by atoms with Crippen molar-refractivity contribution in [3.8, 4) is 6.07 Å². The summed E-state index contributed by atoms with van der Waals surface area (Å²) in [6.07, 6.45) is 4.75. The van der Waals surface area contributed by atoms with Crippen molar-refractivity contribution in [3.05, 3.63) is 64.5 Å². The van der Waals surface area contributed by atoms with Crippen LogP contribution in [0.25, 0.3) is 6.08 Å². The fraction of sp³-hybridized carbons (Fsp3) is 0.462. The Labute approximate surface area is 185 Å². The van der Waals surface area contributed by atoms with Gasteiger partial charge >= 0.3 is 0 Å². The van der Waals surface area contributed by atoms with Crippen molar-refractivity contribution >= 4 is 12.0 Å². The van der Waals surface area contributed by atoms with Crippen LogP contribution < -0.4 is 0 Å². The van der Waals surface area contributed by atoms with Gasteiger partial charge in [-0.2, -0.15) is 5.26 Å². The smallest absolute Gasteiger partial charge is 0.264 e. The van der Waals surface area contributed by atoms with Crippen LogP contribution in [0, 0.1) is 31.1 Å². The minimum absolute atomic E-state index is 0.157. The highest BCUT2D eigenvalue weighted by Crippen LogP contribution is 2.25. The monoisotopic (exact) mass is 419 g/mol. The Morgan fingerprint density at radius 3 is 2.55 bits per heavy atom. The molecule has 1 aliphatic rings. The minimum atomic E-state index is -0.157. The molecule has 1 unspecified atom stereocenters. The van der Waals surface area contributed by atoms with Crippen LogP contribution in [0.15, 0.2) is 42.0 Å². The van der Waals surface area contributed by atoms with Crippen molar-refractivity contribution in [1.82, 2.24) is 9.47 Å².